The van der Waals surface area contributed by atoms with Crippen molar-refractivity contribution in [1.82, 2.24) is 20.3 Å². The van der Waals surface area contributed by atoms with Gasteiger partial charge in [-0.25, -0.2) is 0 Å². The number of hydrogen-bond acceptors (Lipinski definition) is 4. The molecule has 1 saturated carbocycles. The van der Waals surface area contributed by atoms with Crippen molar-refractivity contribution in [2.75, 3.05) is 14.2 Å². The molecule has 0 radical (unpaired) electrons. The minimum absolute atomic E-state index is 0.0930. The van der Waals surface area contributed by atoms with Crippen LogP contribution in [-0.4, -0.2) is 34.8 Å². The van der Waals surface area contributed by atoms with Gasteiger partial charge in [0.2, 0.25) is 0 Å². The van der Waals surface area contributed by atoms with Crippen LogP contribution in [0.25, 0.3) is 0 Å². The molecule has 1 aromatic heterocycles. The van der Waals surface area contributed by atoms with E-state index in [9.17, 15) is 0 Å². The molecule has 5 nitrogen and oxygen atoms in total. The summed E-state index contributed by atoms with van der Waals surface area (Å²) in [5.74, 6) is 0. The lowest BCUT2D eigenvalue weighted by Crippen LogP contribution is -2.43. The second kappa shape index (κ2) is 4.51. The zero-order valence-electron chi connectivity index (χ0n) is 10.2. The van der Waals surface area contributed by atoms with Crippen LogP contribution in [0.15, 0.2) is 6.20 Å². The van der Waals surface area contributed by atoms with Crippen LogP contribution in [0.4, 0.5) is 0 Å². The van der Waals surface area contributed by atoms with Gasteiger partial charge in [-0.05, 0) is 19.9 Å². The molecule has 0 bridgehead atoms. The smallest absolute Gasteiger partial charge is 0.0888 e. The molecule has 1 aliphatic rings. The van der Waals surface area contributed by atoms with Crippen LogP contribution in [0.2, 0.25) is 0 Å². The number of ether oxygens (including phenoxy) is 1. The fourth-order valence-electron chi connectivity index (χ4n) is 2.82. The summed E-state index contributed by atoms with van der Waals surface area (Å²) in [6.45, 7) is 0. The van der Waals surface area contributed by atoms with E-state index < -0.39 is 0 Å². The summed E-state index contributed by atoms with van der Waals surface area (Å²) in [6, 6.07) is 0.167. The van der Waals surface area contributed by atoms with Gasteiger partial charge >= 0.3 is 0 Å². The maximum atomic E-state index is 5.80. The van der Waals surface area contributed by atoms with E-state index >= 15 is 0 Å². The molecule has 0 aromatic carbocycles. The molecule has 1 aliphatic carbocycles. The van der Waals surface area contributed by atoms with Crippen molar-refractivity contribution in [1.29, 1.82) is 0 Å². The summed E-state index contributed by atoms with van der Waals surface area (Å²) < 4.78 is 7.62. The number of hydrogen-bond donors (Lipinski definition) is 1. The molecule has 1 fully saturated rings. The Kier molecular flexibility index (Phi) is 3.25. The van der Waals surface area contributed by atoms with E-state index in [2.05, 4.69) is 15.6 Å². The van der Waals surface area contributed by atoms with Gasteiger partial charge in [0.05, 0.1) is 23.5 Å². The molecule has 1 heterocycles. The standard InChI is InChI=1S/C11H20N4O/c1-12-10(9-8-13-14-15(9)2)11(16-3)6-4-5-7-11/h8,10,12H,4-7H2,1-3H3. The van der Waals surface area contributed by atoms with Gasteiger partial charge in [-0.1, -0.05) is 18.1 Å². The second-order valence-corrected chi connectivity index (χ2v) is 4.48. The molecule has 0 spiro atoms. The molecule has 0 saturated heterocycles. The Balaban J connectivity index is 2.31. The van der Waals surface area contributed by atoms with Gasteiger partial charge in [0.15, 0.2) is 0 Å². The first-order chi connectivity index (χ1) is 7.73. The Morgan fingerprint density at radius 3 is 2.62 bits per heavy atom. The monoisotopic (exact) mass is 224 g/mol. The summed E-state index contributed by atoms with van der Waals surface area (Å²) in [5.41, 5.74) is 0.996. The van der Waals surface area contributed by atoms with Crippen molar-refractivity contribution >= 4 is 0 Å². The number of likely N-dealkylation sites (N-methyl/N-ethyl adjacent to an activating group) is 1. The predicted molar refractivity (Wildman–Crippen MR) is 61.0 cm³/mol. The topological polar surface area (TPSA) is 52.0 Å². The molecule has 90 valence electrons. The summed E-state index contributed by atoms with van der Waals surface area (Å²) in [5, 5.41) is 11.3. The third-order valence-electron chi connectivity index (χ3n) is 3.72. The molecule has 1 atom stereocenters. The largest absolute Gasteiger partial charge is 0.376 e. The first-order valence-corrected chi connectivity index (χ1v) is 5.80. The van der Waals surface area contributed by atoms with Crippen LogP contribution in [0.1, 0.15) is 37.4 Å². The first-order valence-electron chi connectivity index (χ1n) is 5.80. The fraction of sp³-hybridized carbons (Fsp3) is 0.818. The number of rotatable bonds is 4. The molecule has 2 rings (SSSR count). The van der Waals surface area contributed by atoms with Crippen molar-refractivity contribution in [3.05, 3.63) is 11.9 Å². The van der Waals surface area contributed by atoms with E-state index in [1.165, 1.54) is 12.8 Å². The van der Waals surface area contributed by atoms with Crippen molar-refractivity contribution < 1.29 is 4.74 Å². The van der Waals surface area contributed by atoms with E-state index in [-0.39, 0.29) is 11.6 Å². The lowest BCUT2D eigenvalue weighted by molar-refractivity contribution is -0.0368. The van der Waals surface area contributed by atoms with E-state index in [1.807, 2.05) is 25.0 Å². The van der Waals surface area contributed by atoms with E-state index in [0.29, 0.717) is 0 Å². The average molecular weight is 224 g/mol. The number of aromatic nitrogens is 3. The molecule has 5 heteroatoms. The molecule has 16 heavy (non-hydrogen) atoms. The normalized spacial score (nSPS) is 21.2. The zero-order valence-corrected chi connectivity index (χ0v) is 10.2. The van der Waals surface area contributed by atoms with E-state index in [4.69, 9.17) is 4.74 Å². The average Bonchev–Trinajstić information content (AvgIpc) is 2.91. The third kappa shape index (κ3) is 1.74. The Bertz CT molecular complexity index is 344. The molecule has 1 N–H and O–H groups in total. The Morgan fingerprint density at radius 2 is 2.19 bits per heavy atom. The van der Waals surface area contributed by atoms with Gasteiger partial charge < -0.3 is 10.1 Å². The first kappa shape index (κ1) is 11.5. The summed E-state index contributed by atoms with van der Waals surface area (Å²) in [6.07, 6.45) is 6.48. The summed E-state index contributed by atoms with van der Waals surface area (Å²) in [7, 11) is 5.70. The van der Waals surface area contributed by atoms with Gasteiger partial charge in [0.1, 0.15) is 0 Å². The second-order valence-electron chi connectivity index (χ2n) is 4.48. The Hall–Kier alpha value is -0.940. The van der Waals surface area contributed by atoms with Crippen LogP contribution in [0.3, 0.4) is 0 Å². The molecule has 0 aliphatic heterocycles. The van der Waals surface area contributed by atoms with Crippen molar-refractivity contribution in [3.8, 4) is 0 Å². The highest BCUT2D eigenvalue weighted by atomic mass is 16.5. The van der Waals surface area contributed by atoms with Gasteiger partial charge in [0, 0.05) is 14.2 Å². The van der Waals surface area contributed by atoms with Crippen molar-refractivity contribution in [3.63, 3.8) is 0 Å². The van der Waals surface area contributed by atoms with Crippen molar-refractivity contribution in [2.24, 2.45) is 7.05 Å². The highest BCUT2D eigenvalue weighted by Gasteiger charge is 2.43. The van der Waals surface area contributed by atoms with Crippen LogP contribution in [0.5, 0.6) is 0 Å². The number of aryl methyl sites for hydroxylation is 1. The maximum absolute atomic E-state index is 5.80. The third-order valence-corrected chi connectivity index (χ3v) is 3.72. The van der Waals surface area contributed by atoms with E-state index in [1.54, 1.807) is 7.11 Å². The Morgan fingerprint density at radius 1 is 1.50 bits per heavy atom. The van der Waals surface area contributed by atoms with Crippen molar-refractivity contribution in [2.45, 2.75) is 37.3 Å². The van der Waals surface area contributed by atoms with Gasteiger partial charge in [-0.2, -0.15) is 0 Å². The number of nitrogens with one attached hydrogen (secondary N) is 1. The number of nitrogens with zero attached hydrogens (tertiary/aromatic N) is 3. The van der Waals surface area contributed by atoms with Gasteiger partial charge in [-0.3, -0.25) is 4.68 Å². The SMILES string of the molecule is CNC(c1cnnn1C)C1(OC)CCCC1. The lowest BCUT2D eigenvalue weighted by atomic mass is 9.90. The van der Waals surface area contributed by atoms with Crippen LogP contribution >= 0.6 is 0 Å². The van der Waals surface area contributed by atoms with Gasteiger partial charge in [0.25, 0.3) is 0 Å². The molecule has 1 aromatic rings. The molecular weight excluding hydrogens is 204 g/mol. The lowest BCUT2D eigenvalue weighted by Gasteiger charge is -2.35. The summed E-state index contributed by atoms with van der Waals surface area (Å²) >= 11 is 0. The molecule has 0 amide bonds. The summed E-state index contributed by atoms with van der Waals surface area (Å²) in [4.78, 5) is 0. The van der Waals surface area contributed by atoms with Crippen LogP contribution in [-0.2, 0) is 11.8 Å². The van der Waals surface area contributed by atoms with Crippen LogP contribution < -0.4 is 5.32 Å². The highest BCUT2D eigenvalue weighted by Crippen LogP contribution is 2.41. The quantitative estimate of drug-likeness (QED) is 0.830. The predicted octanol–water partition coefficient (Wildman–Crippen LogP) is 1.03. The minimum atomic E-state index is -0.0930. The highest BCUT2D eigenvalue weighted by molar-refractivity contribution is 5.11. The minimum Gasteiger partial charge on any atom is -0.376 e. The van der Waals surface area contributed by atoms with Crippen LogP contribution in [0, 0.1) is 0 Å². The molecule has 1 unspecified atom stereocenters. The Labute approximate surface area is 96.2 Å². The zero-order chi connectivity index (χ0) is 11.6. The van der Waals surface area contributed by atoms with Gasteiger partial charge in [-0.15, -0.1) is 5.10 Å². The number of methoxy groups -OCH3 is 1. The maximum Gasteiger partial charge on any atom is 0.0888 e. The molecular formula is C11H20N4O. The fourth-order valence-corrected chi connectivity index (χ4v) is 2.82. The van der Waals surface area contributed by atoms with E-state index in [0.717, 1.165) is 18.5 Å².